The fourth-order valence-corrected chi connectivity index (χ4v) is 0.679. The van der Waals surface area contributed by atoms with E-state index in [0.29, 0.717) is 0 Å². The molecule has 9 heavy (non-hydrogen) atoms. The summed E-state index contributed by atoms with van der Waals surface area (Å²) in [6.07, 6.45) is 6.31. The Labute approximate surface area is 57.5 Å². The molecule has 0 unspecified atom stereocenters. The molecule has 0 rings (SSSR count). The van der Waals surface area contributed by atoms with Crippen LogP contribution in [0.3, 0.4) is 0 Å². The normalized spacial score (nSPS) is 13.0. The zero-order valence-electron chi connectivity index (χ0n) is 6.52. The van der Waals surface area contributed by atoms with Crippen molar-refractivity contribution in [1.29, 1.82) is 0 Å². The van der Waals surface area contributed by atoms with Crippen LogP contribution in [0.15, 0.2) is 16.6 Å². The third-order valence-corrected chi connectivity index (χ3v) is 1.15. The summed E-state index contributed by atoms with van der Waals surface area (Å²) in [5, 5.41) is 0. The van der Waals surface area contributed by atoms with Crippen LogP contribution in [0, 0.1) is 0 Å². The van der Waals surface area contributed by atoms with Crippen molar-refractivity contribution in [3.63, 3.8) is 0 Å². The molecule has 0 aromatic heterocycles. The van der Waals surface area contributed by atoms with Gasteiger partial charge < -0.3 is 0 Å². The fraction of sp³-hybridized carbons (Fsp3) is 0.625. The second-order valence-electron chi connectivity index (χ2n) is 2.17. The summed E-state index contributed by atoms with van der Waals surface area (Å²) in [6.45, 7) is 4.31. The van der Waals surface area contributed by atoms with E-state index in [1.54, 1.807) is 7.05 Å². The second-order valence-corrected chi connectivity index (χ2v) is 2.17. The van der Waals surface area contributed by atoms with Crippen molar-refractivity contribution in [3.05, 3.63) is 11.6 Å². The smallest absolute Gasteiger partial charge is 0.0277 e. The average Bonchev–Trinajstić information content (AvgIpc) is 1.85. The molecule has 1 nitrogen and oxygen atoms in total. The third kappa shape index (κ3) is 5.28. The lowest BCUT2D eigenvalue weighted by atomic mass is 10.2. The topological polar surface area (TPSA) is 12.4 Å². The summed E-state index contributed by atoms with van der Waals surface area (Å²) in [7, 11) is 1.79. The van der Waals surface area contributed by atoms with Gasteiger partial charge in [0.25, 0.3) is 0 Å². The molecular formula is C8H15N. The van der Waals surface area contributed by atoms with Crippen LogP contribution >= 0.6 is 0 Å². The molecule has 0 saturated carbocycles. The molecule has 0 aromatic carbocycles. The molecule has 0 aromatic rings. The van der Waals surface area contributed by atoms with Gasteiger partial charge in [-0.3, -0.25) is 4.99 Å². The molecular weight excluding hydrogens is 110 g/mol. The maximum Gasteiger partial charge on any atom is 0.0277 e. The predicted molar refractivity (Wildman–Crippen MR) is 43.1 cm³/mol. The highest BCUT2D eigenvalue weighted by Gasteiger charge is 1.81. The van der Waals surface area contributed by atoms with E-state index in [-0.39, 0.29) is 0 Å². The van der Waals surface area contributed by atoms with E-state index in [4.69, 9.17) is 0 Å². The largest absolute Gasteiger partial charge is 0.297 e. The van der Waals surface area contributed by atoms with E-state index in [1.807, 2.05) is 6.21 Å². The Bertz CT molecular complexity index is 112. The van der Waals surface area contributed by atoms with Crippen molar-refractivity contribution in [2.45, 2.75) is 26.7 Å². The first-order chi connectivity index (χ1) is 4.31. The van der Waals surface area contributed by atoms with Gasteiger partial charge in [0.2, 0.25) is 0 Å². The lowest BCUT2D eigenvalue weighted by Gasteiger charge is -1.91. The summed E-state index contributed by atoms with van der Waals surface area (Å²) >= 11 is 0. The zero-order chi connectivity index (χ0) is 7.11. The van der Waals surface area contributed by atoms with Crippen LogP contribution in [0.5, 0.6) is 0 Å². The first-order valence-electron chi connectivity index (χ1n) is 3.39. The van der Waals surface area contributed by atoms with Gasteiger partial charge in [0.05, 0.1) is 0 Å². The molecule has 0 saturated heterocycles. The minimum Gasteiger partial charge on any atom is -0.297 e. The highest BCUT2D eigenvalue weighted by molar-refractivity contribution is 5.71. The lowest BCUT2D eigenvalue weighted by Crippen LogP contribution is -1.75. The highest BCUT2D eigenvalue weighted by Crippen LogP contribution is 2.00. The maximum atomic E-state index is 3.86. The van der Waals surface area contributed by atoms with Gasteiger partial charge in [-0.25, -0.2) is 0 Å². The van der Waals surface area contributed by atoms with E-state index in [1.165, 1.54) is 18.4 Å². The van der Waals surface area contributed by atoms with Gasteiger partial charge in [0.1, 0.15) is 0 Å². The summed E-state index contributed by atoms with van der Waals surface area (Å²) in [6, 6.07) is 0. The van der Waals surface area contributed by atoms with Crippen molar-refractivity contribution in [2.75, 3.05) is 7.05 Å². The highest BCUT2D eigenvalue weighted by atomic mass is 14.6. The molecule has 0 atom stereocenters. The minimum atomic E-state index is 1.19. The van der Waals surface area contributed by atoms with Crippen LogP contribution in [0.4, 0.5) is 0 Å². The van der Waals surface area contributed by atoms with Crippen LogP contribution in [0.25, 0.3) is 0 Å². The Balaban J connectivity index is 3.55. The predicted octanol–water partition coefficient (Wildman–Crippen LogP) is 2.43. The summed E-state index contributed by atoms with van der Waals surface area (Å²) in [4.78, 5) is 3.86. The van der Waals surface area contributed by atoms with Crippen molar-refractivity contribution in [2.24, 2.45) is 4.99 Å². The van der Waals surface area contributed by atoms with Crippen LogP contribution in [-0.2, 0) is 0 Å². The summed E-state index contributed by atoms with van der Waals surface area (Å²) in [5.41, 5.74) is 1.41. The molecule has 0 N–H and O–H groups in total. The standard InChI is InChI=1S/C8H15N/c1-4-5-8(2)6-7-9-3/h6-7H,4-5H2,1-3H3/b8-6-,9-7?. The molecule has 0 spiro atoms. The van der Waals surface area contributed by atoms with Crippen LogP contribution < -0.4 is 0 Å². The SMILES string of the molecule is CCC/C(C)=C\C=NC. The number of hydrogen-bond acceptors (Lipinski definition) is 1. The minimum absolute atomic E-state index is 1.19. The van der Waals surface area contributed by atoms with Gasteiger partial charge in [0.15, 0.2) is 0 Å². The van der Waals surface area contributed by atoms with Crippen LogP contribution in [0.1, 0.15) is 26.7 Å². The van der Waals surface area contributed by atoms with Gasteiger partial charge in [0, 0.05) is 13.3 Å². The van der Waals surface area contributed by atoms with E-state index >= 15 is 0 Å². The number of aliphatic imine (C=N–C) groups is 1. The monoisotopic (exact) mass is 125 g/mol. The number of rotatable bonds is 3. The van der Waals surface area contributed by atoms with Crippen LogP contribution in [0.2, 0.25) is 0 Å². The van der Waals surface area contributed by atoms with Crippen molar-refractivity contribution < 1.29 is 0 Å². The molecule has 0 radical (unpaired) electrons. The van der Waals surface area contributed by atoms with E-state index in [2.05, 4.69) is 24.9 Å². The molecule has 0 bridgehead atoms. The Kier molecular flexibility index (Phi) is 5.18. The Morgan fingerprint density at radius 1 is 1.56 bits per heavy atom. The quantitative estimate of drug-likeness (QED) is 0.514. The van der Waals surface area contributed by atoms with Gasteiger partial charge in [-0.2, -0.15) is 0 Å². The number of nitrogens with zero attached hydrogens (tertiary/aromatic N) is 1. The van der Waals surface area contributed by atoms with E-state index in [9.17, 15) is 0 Å². The van der Waals surface area contributed by atoms with Gasteiger partial charge in [-0.1, -0.05) is 18.9 Å². The molecule has 1 heteroatoms. The lowest BCUT2D eigenvalue weighted by molar-refractivity contribution is 0.907. The zero-order valence-corrected chi connectivity index (χ0v) is 6.52. The Morgan fingerprint density at radius 3 is 2.67 bits per heavy atom. The molecule has 0 heterocycles. The maximum absolute atomic E-state index is 3.86. The first-order valence-corrected chi connectivity index (χ1v) is 3.39. The van der Waals surface area contributed by atoms with Gasteiger partial charge in [-0.05, 0) is 19.4 Å². The van der Waals surface area contributed by atoms with Crippen molar-refractivity contribution in [1.82, 2.24) is 0 Å². The third-order valence-electron chi connectivity index (χ3n) is 1.15. The number of hydrogen-bond donors (Lipinski definition) is 0. The second kappa shape index (κ2) is 5.54. The number of allylic oxidation sites excluding steroid dienone is 2. The molecule has 0 amide bonds. The fourth-order valence-electron chi connectivity index (χ4n) is 0.679. The van der Waals surface area contributed by atoms with E-state index in [0.717, 1.165) is 0 Å². The van der Waals surface area contributed by atoms with Gasteiger partial charge in [-0.15, -0.1) is 0 Å². The first kappa shape index (κ1) is 8.41. The van der Waals surface area contributed by atoms with E-state index < -0.39 is 0 Å². The molecule has 0 fully saturated rings. The molecule has 0 aliphatic rings. The van der Waals surface area contributed by atoms with Crippen LogP contribution in [-0.4, -0.2) is 13.3 Å². The molecule has 0 aliphatic heterocycles. The van der Waals surface area contributed by atoms with Gasteiger partial charge >= 0.3 is 0 Å². The summed E-state index contributed by atoms with van der Waals surface area (Å²) in [5.74, 6) is 0. The Hall–Kier alpha value is -0.590. The molecule has 52 valence electrons. The van der Waals surface area contributed by atoms with Crippen molar-refractivity contribution >= 4 is 6.21 Å². The van der Waals surface area contributed by atoms with Crippen molar-refractivity contribution in [3.8, 4) is 0 Å². The molecule has 0 aliphatic carbocycles. The average molecular weight is 125 g/mol. The Morgan fingerprint density at radius 2 is 2.22 bits per heavy atom. The summed E-state index contributed by atoms with van der Waals surface area (Å²) < 4.78 is 0.